The van der Waals surface area contributed by atoms with Gasteiger partial charge in [0.1, 0.15) is 0 Å². The number of benzene rings is 6. The second-order valence-electron chi connectivity index (χ2n) is 32.0. The van der Waals surface area contributed by atoms with Gasteiger partial charge in [-0.2, -0.15) is 0 Å². The number of fused-ring (bicyclic) bond motifs is 10. The van der Waals surface area contributed by atoms with E-state index in [-0.39, 0.29) is 50.0 Å². The molecule has 4 aliphatic carbocycles. The molecule has 2 aliphatic heterocycles. The summed E-state index contributed by atoms with van der Waals surface area (Å²) in [6, 6.07) is 41.1. The fourth-order valence-electron chi connectivity index (χ4n) is 16.1. The lowest BCUT2D eigenvalue weighted by molar-refractivity contribution is 0.332. The molecule has 0 saturated heterocycles. The molecule has 3 heterocycles. The van der Waals surface area contributed by atoms with Crippen LogP contribution in [-0.4, -0.2) is 14.8 Å². The van der Waals surface area contributed by atoms with Crippen molar-refractivity contribution in [1.29, 1.82) is 0 Å². The maximum atomic E-state index is 2.80. The summed E-state index contributed by atoms with van der Waals surface area (Å²) in [5, 5.41) is 4.36. The van der Waals surface area contributed by atoms with E-state index >= 15 is 0 Å². The highest BCUT2D eigenvalue weighted by molar-refractivity contribution is 7.26. The standard InChI is InChI=1S/C73H89BN2SSi/c1-66(2)28-30-68(5,6)51-38-45(24-26-49(51)66)75-58-42-55-54(71(11,12)33-34-72(55,13)14)41-57(58)74-63-48-40-53-56(73(15,16)35-32-70(53,9)10)43-61(48)77-65(63)76(46-25-27-50-52(39-46)69(7,8)31-29-67(50,3)4)60-37-44(36-59(75)64(60)74)47-22-20-21-23-62(47)78(17,18)19/h20-27,36-43H,28-35H2,1-19H3. The van der Waals surface area contributed by atoms with Crippen LogP contribution < -0.4 is 31.4 Å². The molecule has 5 heteroatoms. The lowest BCUT2D eigenvalue weighted by atomic mass is 9.33. The molecule has 0 N–H and O–H groups in total. The Morgan fingerprint density at radius 3 is 1.31 bits per heavy atom. The van der Waals surface area contributed by atoms with Crippen LogP contribution >= 0.6 is 11.3 Å². The van der Waals surface area contributed by atoms with Gasteiger partial charge in [-0.15, -0.1) is 11.3 Å². The summed E-state index contributed by atoms with van der Waals surface area (Å²) in [6.07, 6.45) is 9.52. The molecule has 78 heavy (non-hydrogen) atoms. The zero-order chi connectivity index (χ0) is 55.6. The van der Waals surface area contributed by atoms with Crippen molar-refractivity contribution in [2.75, 3.05) is 9.80 Å². The molecular weight excluding hydrogens is 976 g/mol. The summed E-state index contributed by atoms with van der Waals surface area (Å²) < 4.78 is 1.43. The average molecular weight is 1070 g/mol. The first-order valence-corrected chi connectivity index (χ1v) is 34.5. The zero-order valence-corrected chi connectivity index (χ0v) is 53.1. The highest BCUT2D eigenvalue weighted by Gasteiger charge is 2.50. The van der Waals surface area contributed by atoms with Crippen LogP contribution in [0.25, 0.3) is 21.2 Å². The van der Waals surface area contributed by atoms with Gasteiger partial charge >= 0.3 is 0 Å². The van der Waals surface area contributed by atoms with E-state index < -0.39 is 8.07 Å². The zero-order valence-electron chi connectivity index (χ0n) is 51.3. The van der Waals surface area contributed by atoms with E-state index in [4.69, 9.17) is 0 Å². The molecule has 0 fully saturated rings. The van der Waals surface area contributed by atoms with Crippen LogP contribution in [0.2, 0.25) is 19.6 Å². The van der Waals surface area contributed by atoms with Crippen molar-refractivity contribution in [1.82, 2.24) is 0 Å². The maximum absolute atomic E-state index is 2.80. The maximum Gasteiger partial charge on any atom is 0.254 e. The molecule has 6 aliphatic rings. The summed E-state index contributed by atoms with van der Waals surface area (Å²) in [5.41, 5.74) is 26.5. The molecule has 1 aromatic heterocycles. The lowest BCUT2D eigenvalue weighted by Gasteiger charge is -2.48. The van der Waals surface area contributed by atoms with Gasteiger partial charge in [0.25, 0.3) is 6.71 Å². The number of anilines is 6. The molecule has 404 valence electrons. The molecule has 0 unspecified atom stereocenters. The third kappa shape index (κ3) is 7.64. The van der Waals surface area contributed by atoms with Crippen LogP contribution in [0.3, 0.4) is 0 Å². The third-order valence-electron chi connectivity index (χ3n) is 21.9. The van der Waals surface area contributed by atoms with Gasteiger partial charge in [0, 0.05) is 33.1 Å². The minimum absolute atomic E-state index is 0.0208. The third-order valence-corrected chi connectivity index (χ3v) is 25.1. The molecule has 0 atom stereocenters. The Morgan fingerprint density at radius 2 is 0.808 bits per heavy atom. The molecule has 7 aromatic rings. The van der Waals surface area contributed by atoms with Crippen LogP contribution in [0.4, 0.5) is 33.4 Å². The van der Waals surface area contributed by atoms with E-state index in [0.29, 0.717) is 0 Å². The summed E-state index contributed by atoms with van der Waals surface area (Å²) in [4.78, 5) is 5.60. The van der Waals surface area contributed by atoms with E-state index in [1.807, 2.05) is 0 Å². The van der Waals surface area contributed by atoms with Gasteiger partial charge in [0.05, 0.1) is 13.1 Å². The lowest BCUT2D eigenvalue weighted by Crippen LogP contribution is -2.61. The van der Waals surface area contributed by atoms with Crippen LogP contribution in [0.1, 0.15) is 207 Å². The van der Waals surface area contributed by atoms with Gasteiger partial charge in [-0.3, -0.25) is 0 Å². The van der Waals surface area contributed by atoms with Gasteiger partial charge in [-0.25, -0.2) is 0 Å². The Hall–Kier alpha value is -4.84. The van der Waals surface area contributed by atoms with Crippen molar-refractivity contribution in [3.63, 3.8) is 0 Å². The molecule has 13 rings (SSSR count). The molecular formula is C73H89BN2SSi. The van der Waals surface area contributed by atoms with Crippen molar-refractivity contribution in [3.05, 3.63) is 142 Å². The second-order valence-corrected chi connectivity index (χ2v) is 38.1. The summed E-state index contributed by atoms with van der Waals surface area (Å²) in [7, 11) is -1.82. The smallest absolute Gasteiger partial charge is 0.254 e. The van der Waals surface area contributed by atoms with E-state index in [1.54, 1.807) is 16.7 Å². The monoisotopic (exact) mass is 1060 g/mol. The van der Waals surface area contributed by atoms with E-state index in [0.717, 1.165) is 0 Å². The number of thiophene rings is 1. The van der Waals surface area contributed by atoms with Gasteiger partial charge in [0.2, 0.25) is 0 Å². The predicted molar refractivity (Wildman–Crippen MR) is 345 cm³/mol. The highest BCUT2D eigenvalue weighted by atomic mass is 32.1. The van der Waals surface area contributed by atoms with Crippen LogP contribution in [0.15, 0.2) is 97.1 Å². The van der Waals surface area contributed by atoms with E-state index in [1.165, 1.54) is 155 Å². The Labute approximate surface area is 476 Å². The first-order valence-electron chi connectivity index (χ1n) is 30.2. The summed E-state index contributed by atoms with van der Waals surface area (Å²) in [6.45, 7) is 47.7. The molecule has 0 spiro atoms. The minimum atomic E-state index is -1.82. The largest absolute Gasteiger partial charge is 0.311 e. The van der Waals surface area contributed by atoms with Gasteiger partial charge in [0.15, 0.2) is 0 Å². The SMILES string of the molecule is CC1(C)CCC(C)(C)c2cc(N3c4cc5c(cc4B4c6c3cc(-c3ccccc3[Si](C)(C)C)cc6N(c3ccc6c(c3)C(C)(C)CCC6(C)C)c3sc6cc7c(cc6c34)C(C)(C)CCC7(C)C)C(C)(C)CCC5(C)C)ccc21. The van der Waals surface area contributed by atoms with Crippen molar-refractivity contribution in [2.45, 2.75) is 225 Å². The Bertz CT molecular complexity index is 3710. The number of hydrogen-bond acceptors (Lipinski definition) is 3. The normalized spacial score (nSPS) is 21.9. The number of nitrogens with zero attached hydrogens (tertiary/aromatic N) is 2. The molecule has 0 amide bonds. The average Bonchev–Trinajstić information content (AvgIpc) is 3.30. The quantitative estimate of drug-likeness (QED) is 0.162. The molecule has 6 aromatic carbocycles. The van der Waals surface area contributed by atoms with Crippen molar-refractivity contribution in [2.24, 2.45) is 0 Å². The van der Waals surface area contributed by atoms with Gasteiger partial charge in [-0.05, 0) is 227 Å². The number of hydrogen-bond donors (Lipinski definition) is 0. The van der Waals surface area contributed by atoms with Crippen molar-refractivity contribution >= 4 is 91.2 Å². The first-order chi connectivity index (χ1) is 36.2. The Kier molecular flexibility index (Phi) is 11.1. The highest BCUT2D eigenvalue weighted by Crippen LogP contribution is 2.57. The molecule has 0 saturated carbocycles. The van der Waals surface area contributed by atoms with Crippen LogP contribution in [0, 0.1) is 0 Å². The Balaban J connectivity index is 1.22. The van der Waals surface area contributed by atoms with Crippen molar-refractivity contribution < 1.29 is 0 Å². The fraction of sp³-hybridized carbons (Fsp3) is 0.479. The Morgan fingerprint density at radius 1 is 0.397 bits per heavy atom. The first kappa shape index (κ1) is 52.5. The van der Waals surface area contributed by atoms with Gasteiger partial charge < -0.3 is 9.80 Å². The summed E-state index contributed by atoms with van der Waals surface area (Å²) >= 11 is 2.07. The minimum Gasteiger partial charge on any atom is -0.311 e. The predicted octanol–water partition coefficient (Wildman–Crippen LogP) is 18.6. The fourth-order valence-corrected chi connectivity index (χ4v) is 19.1. The number of rotatable bonds is 4. The van der Waals surface area contributed by atoms with Gasteiger partial charge in [-0.1, -0.05) is 178 Å². The van der Waals surface area contributed by atoms with Crippen LogP contribution in [0.5, 0.6) is 0 Å². The van der Waals surface area contributed by atoms with E-state index in [9.17, 15) is 0 Å². The second kappa shape index (κ2) is 16.4. The van der Waals surface area contributed by atoms with Crippen molar-refractivity contribution in [3.8, 4) is 11.1 Å². The summed E-state index contributed by atoms with van der Waals surface area (Å²) in [5.74, 6) is 0. The topological polar surface area (TPSA) is 6.48 Å². The van der Waals surface area contributed by atoms with Crippen LogP contribution in [-0.2, 0) is 43.3 Å². The van der Waals surface area contributed by atoms with E-state index in [2.05, 4.69) is 249 Å². The molecule has 0 radical (unpaired) electrons. The molecule has 0 bridgehead atoms. The molecule has 2 nitrogen and oxygen atoms in total.